The van der Waals surface area contributed by atoms with E-state index >= 15 is 0 Å². The molecule has 0 saturated heterocycles. The maximum atomic E-state index is 12.1. The molecule has 2 aromatic carbocycles. The molecular weight excluding hydrogens is 307 g/mol. The van der Waals surface area contributed by atoms with E-state index < -0.39 is 12.8 Å². The van der Waals surface area contributed by atoms with Crippen molar-refractivity contribution in [3.63, 3.8) is 0 Å². The highest BCUT2D eigenvalue weighted by molar-refractivity contribution is 5.85. The minimum Gasteiger partial charge on any atom is -0.484 e. The van der Waals surface area contributed by atoms with Gasteiger partial charge in [0, 0.05) is 23.9 Å². The van der Waals surface area contributed by atoms with Crippen LogP contribution in [0.2, 0.25) is 0 Å². The molecule has 2 aromatic rings. The number of benzene rings is 2. The minimum atomic E-state index is -4.40. The molecule has 2 rings (SSSR count). The Morgan fingerprint density at radius 1 is 0.905 bits per heavy atom. The highest BCUT2D eigenvalue weighted by atomic mass is 35.5. The molecule has 0 bridgehead atoms. The third-order valence-electron chi connectivity index (χ3n) is 2.28. The van der Waals surface area contributed by atoms with Gasteiger partial charge in [-0.25, -0.2) is 0 Å². The van der Waals surface area contributed by atoms with Crippen LogP contribution >= 0.6 is 12.4 Å². The second kappa shape index (κ2) is 7.08. The molecule has 21 heavy (non-hydrogen) atoms. The van der Waals surface area contributed by atoms with E-state index in [4.69, 9.17) is 10.5 Å². The van der Waals surface area contributed by atoms with Crippen LogP contribution in [0.25, 0.3) is 0 Å². The first-order valence-electron chi connectivity index (χ1n) is 5.75. The van der Waals surface area contributed by atoms with Gasteiger partial charge >= 0.3 is 6.18 Å². The number of nitrogens with two attached hydrogens (primary N) is 1. The molecule has 3 nitrogen and oxygen atoms in total. The summed E-state index contributed by atoms with van der Waals surface area (Å²) in [4.78, 5) is 0. The van der Waals surface area contributed by atoms with Gasteiger partial charge in [0.2, 0.25) is 0 Å². The van der Waals surface area contributed by atoms with Crippen molar-refractivity contribution < 1.29 is 22.6 Å². The van der Waals surface area contributed by atoms with Gasteiger partial charge in [-0.15, -0.1) is 12.4 Å². The smallest absolute Gasteiger partial charge is 0.422 e. The summed E-state index contributed by atoms with van der Waals surface area (Å²) in [5.74, 6) is 0.876. The maximum Gasteiger partial charge on any atom is 0.422 e. The summed E-state index contributed by atoms with van der Waals surface area (Å²) in [6, 6.07) is 13.0. The molecule has 0 atom stereocenters. The average Bonchev–Trinajstić information content (AvgIpc) is 2.36. The molecule has 0 fully saturated rings. The first-order chi connectivity index (χ1) is 9.42. The van der Waals surface area contributed by atoms with E-state index in [1.54, 1.807) is 24.3 Å². The zero-order valence-corrected chi connectivity index (χ0v) is 11.6. The van der Waals surface area contributed by atoms with Gasteiger partial charge in [0.25, 0.3) is 0 Å². The van der Waals surface area contributed by atoms with Crippen molar-refractivity contribution in [3.05, 3.63) is 48.5 Å². The van der Waals surface area contributed by atoms with Crippen LogP contribution in [0, 0.1) is 0 Å². The molecule has 0 spiro atoms. The Hall–Kier alpha value is -2.08. The summed E-state index contributed by atoms with van der Waals surface area (Å²) in [7, 11) is 0. The summed E-state index contributed by atoms with van der Waals surface area (Å²) in [5, 5.41) is 0. The van der Waals surface area contributed by atoms with E-state index in [2.05, 4.69) is 4.74 Å². The summed E-state index contributed by atoms with van der Waals surface area (Å²) < 4.78 is 46.4. The van der Waals surface area contributed by atoms with E-state index in [9.17, 15) is 13.2 Å². The number of rotatable bonds is 4. The second-order valence-corrected chi connectivity index (χ2v) is 4.06. The monoisotopic (exact) mass is 319 g/mol. The molecule has 0 aliphatic heterocycles. The van der Waals surface area contributed by atoms with Crippen LogP contribution in [-0.2, 0) is 0 Å². The van der Waals surface area contributed by atoms with Crippen LogP contribution < -0.4 is 15.2 Å². The number of ether oxygens (including phenoxy) is 2. The molecule has 0 radical (unpaired) electrons. The fourth-order valence-electron chi connectivity index (χ4n) is 1.53. The first-order valence-corrected chi connectivity index (χ1v) is 5.75. The lowest BCUT2D eigenvalue weighted by atomic mass is 10.3. The van der Waals surface area contributed by atoms with Gasteiger partial charge in [-0.1, -0.05) is 18.2 Å². The van der Waals surface area contributed by atoms with Crippen LogP contribution in [0.3, 0.4) is 0 Å². The zero-order valence-electron chi connectivity index (χ0n) is 10.8. The largest absolute Gasteiger partial charge is 0.484 e. The molecule has 114 valence electrons. The molecule has 0 saturated carbocycles. The van der Waals surface area contributed by atoms with Gasteiger partial charge < -0.3 is 15.2 Å². The van der Waals surface area contributed by atoms with E-state index in [1.165, 1.54) is 18.2 Å². The van der Waals surface area contributed by atoms with Crippen molar-refractivity contribution in [1.82, 2.24) is 0 Å². The zero-order chi connectivity index (χ0) is 14.6. The van der Waals surface area contributed by atoms with Gasteiger partial charge in [-0.05, 0) is 12.1 Å². The summed E-state index contributed by atoms with van der Waals surface area (Å²) >= 11 is 0. The standard InChI is InChI=1S/C14H12F3NO2.ClH/c15-14(16,17)9-19-12-6-10(18)7-13(8-12)20-11-4-2-1-3-5-11;/h1-8H,9,18H2;1H. The lowest BCUT2D eigenvalue weighted by Gasteiger charge is -2.12. The molecule has 0 aliphatic rings. The Morgan fingerprint density at radius 3 is 2.14 bits per heavy atom. The molecule has 0 aromatic heterocycles. The fraction of sp³-hybridized carbons (Fsp3) is 0.143. The van der Waals surface area contributed by atoms with Crippen molar-refractivity contribution in [2.75, 3.05) is 12.3 Å². The summed E-state index contributed by atoms with van der Waals surface area (Å²) in [6.45, 7) is -1.37. The van der Waals surface area contributed by atoms with Crippen LogP contribution in [0.1, 0.15) is 0 Å². The van der Waals surface area contributed by atoms with Crippen LogP contribution in [-0.4, -0.2) is 12.8 Å². The SMILES string of the molecule is Cl.Nc1cc(OCC(F)(F)F)cc(Oc2ccccc2)c1. The highest BCUT2D eigenvalue weighted by Crippen LogP contribution is 2.29. The quantitative estimate of drug-likeness (QED) is 0.848. The van der Waals surface area contributed by atoms with Crippen LogP contribution in [0.4, 0.5) is 18.9 Å². The summed E-state index contributed by atoms with van der Waals surface area (Å²) in [5.41, 5.74) is 5.87. The first kappa shape index (κ1) is 17.0. The van der Waals surface area contributed by atoms with E-state index in [0.717, 1.165) is 0 Å². The van der Waals surface area contributed by atoms with E-state index in [0.29, 0.717) is 11.5 Å². The molecule has 2 N–H and O–H groups in total. The van der Waals surface area contributed by atoms with Gasteiger partial charge in [0.15, 0.2) is 6.61 Å². The summed E-state index contributed by atoms with van der Waals surface area (Å²) in [6.07, 6.45) is -4.40. The lowest BCUT2D eigenvalue weighted by molar-refractivity contribution is -0.153. The maximum absolute atomic E-state index is 12.1. The number of nitrogen functional groups attached to an aromatic ring is 1. The Labute approximate surface area is 125 Å². The minimum absolute atomic E-state index is 0. The number of alkyl halides is 3. The number of anilines is 1. The second-order valence-electron chi connectivity index (χ2n) is 4.06. The Kier molecular flexibility index (Phi) is 5.72. The van der Waals surface area contributed by atoms with Crippen LogP contribution in [0.5, 0.6) is 17.2 Å². The van der Waals surface area contributed by atoms with Gasteiger partial charge in [0.1, 0.15) is 17.2 Å². The Bertz CT molecular complexity index is 576. The third-order valence-corrected chi connectivity index (χ3v) is 2.28. The fourth-order valence-corrected chi connectivity index (χ4v) is 1.53. The molecule has 0 amide bonds. The van der Waals surface area contributed by atoms with Gasteiger partial charge in [-0.2, -0.15) is 13.2 Å². The molecule has 0 aliphatic carbocycles. The van der Waals surface area contributed by atoms with E-state index in [-0.39, 0.29) is 23.8 Å². The predicted octanol–water partition coefficient (Wildman–Crippen LogP) is 4.42. The van der Waals surface area contributed by atoms with Crippen molar-refractivity contribution in [1.29, 1.82) is 0 Å². The van der Waals surface area contributed by atoms with Crippen LogP contribution in [0.15, 0.2) is 48.5 Å². The predicted molar refractivity (Wildman–Crippen MR) is 76.2 cm³/mol. The van der Waals surface area contributed by atoms with Gasteiger partial charge in [-0.3, -0.25) is 0 Å². The highest BCUT2D eigenvalue weighted by Gasteiger charge is 2.28. The third kappa shape index (κ3) is 5.83. The van der Waals surface area contributed by atoms with Crippen molar-refractivity contribution in [2.24, 2.45) is 0 Å². The normalized spacial score (nSPS) is 10.6. The molecule has 0 unspecified atom stereocenters. The lowest BCUT2D eigenvalue weighted by Crippen LogP contribution is -2.19. The number of hydrogen-bond acceptors (Lipinski definition) is 3. The van der Waals surface area contributed by atoms with Crippen molar-refractivity contribution in [2.45, 2.75) is 6.18 Å². The Balaban J connectivity index is 0.00000220. The molecular formula is C14H13ClF3NO2. The van der Waals surface area contributed by atoms with Gasteiger partial charge in [0.05, 0.1) is 0 Å². The van der Waals surface area contributed by atoms with E-state index in [1.807, 2.05) is 6.07 Å². The topological polar surface area (TPSA) is 44.5 Å². The van der Waals surface area contributed by atoms with Crippen molar-refractivity contribution in [3.8, 4) is 17.2 Å². The number of hydrogen-bond donors (Lipinski definition) is 1. The molecule has 7 heteroatoms. The number of para-hydroxylation sites is 1. The Morgan fingerprint density at radius 2 is 1.52 bits per heavy atom. The number of halogens is 4. The van der Waals surface area contributed by atoms with Crippen molar-refractivity contribution >= 4 is 18.1 Å². The average molecular weight is 320 g/mol. The molecule has 0 heterocycles.